The summed E-state index contributed by atoms with van der Waals surface area (Å²) in [6.45, 7) is 17.9. The smallest absolute Gasteiger partial charge is 0.335 e. The molecule has 2 aromatic carbocycles. The van der Waals surface area contributed by atoms with Crippen LogP contribution in [0.15, 0.2) is 61.7 Å². The Morgan fingerprint density at radius 3 is 2.31 bits per heavy atom. The number of sulfonamides is 1. The molecule has 1 saturated heterocycles. The van der Waals surface area contributed by atoms with Crippen molar-refractivity contribution in [1.29, 1.82) is 0 Å². The molecule has 6 rings (SSSR count). The van der Waals surface area contributed by atoms with Gasteiger partial charge in [0, 0.05) is 42.2 Å². The second kappa shape index (κ2) is 20.5. The topological polar surface area (TPSA) is 137 Å². The minimum Gasteiger partial charge on any atom is -0.490 e. The first-order chi connectivity index (χ1) is 25.8. The number of aliphatic hydroxyl groups excluding tert-OH is 1. The van der Waals surface area contributed by atoms with E-state index in [4.69, 9.17) is 21.5 Å². The number of ether oxygens (including phenoxy) is 1. The first-order valence-corrected chi connectivity index (χ1v) is 23.3. The van der Waals surface area contributed by atoms with Crippen molar-refractivity contribution in [2.24, 2.45) is 28.8 Å². The van der Waals surface area contributed by atoms with Gasteiger partial charge in [-0.2, -0.15) is 0 Å². The zero-order valence-corrected chi connectivity index (χ0v) is 37.5. The van der Waals surface area contributed by atoms with Crippen LogP contribution in [0.1, 0.15) is 67.9 Å². The Hall–Kier alpha value is -2.20. The van der Waals surface area contributed by atoms with E-state index in [1.807, 2.05) is 24.8 Å². The number of alkyl halides is 1. The molecule has 0 amide bonds. The number of aliphatic hydroxyl groups is 1. The fourth-order valence-electron chi connectivity index (χ4n) is 8.13. The van der Waals surface area contributed by atoms with Crippen LogP contribution in [0.2, 0.25) is 5.02 Å². The van der Waals surface area contributed by atoms with Gasteiger partial charge in [0.05, 0.1) is 29.7 Å². The van der Waals surface area contributed by atoms with Crippen LogP contribution in [-0.4, -0.2) is 111 Å². The lowest BCUT2D eigenvalue weighted by molar-refractivity contribution is 0.00182. The maximum absolute atomic E-state index is 11.7. The van der Waals surface area contributed by atoms with Crippen molar-refractivity contribution in [2.45, 2.75) is 69.9 Å². The Kier molecular flexibility index (Phi) is 17.6. The summed E-state index contributed by atoms with van der Waals surface area (Å²) in [4.78, 5) is 20.6. The van der Waals surface area contributed by atoms with Gasteiger partial charge in [0.25, 0.3) is 0 Å². The van der Waals surface area contributed by atoms with Crippen molar-refractivity contribution in [2.75, 3.05) is 69.5 Å². The monoisotopic (exact) mass is 914 g/mol. The second-order valence-corrected chi connectivity index (χ2v) is 18.4. The van der Waals surface area contributed by atoms with Crippen molar-refractivity contribution in [3.05, 3.63) is 83.4 Å². The van der Waals surface area contributed by atoms with Gasteiger partial charge in [-0.15, -0.1) is 13.2 Å². The average molecular weight is 915 g/mol. The highest BCUT2D eigenvalue weighted by Crippen LogP contribution is 2.46. The van der Waals surface area contributed by atoms with Crippen LogP contribution >= 0.6 is 34.2 Å². The molecule has 1 spiro atoms. The summed E-state index contributed by atoms with van der Waals surface area (Å²) in [5, 5.41) is 25.6. The van der Waals surface area contributed by atoms with Gasteiger partial charge in [-0.1, -0.05) is 66.3 Å². The fraction of sp³-hybridized carbons (Fsp3) is 0.595. The number of hydrogen-bond donors (Lipinski definition) is 3. The lowest BCUT2D eigenvalue weighted by Crippen LogP contribution is -2.65. The number of carboxylic acids is 1. The summed E-state index contributed by atoms with van der Waals surface area (Å²) >= 11 is 8.46. The maximum atomic E-state index is 11.7. The quantitative estimate of drug-likeness (QED) is 0.129. The van der Waals surface area contributed by atoms with Crippen LogP contribution in [-0.2, 0) is 21.9 Å². The maximum Gasteiger partial charge on any atom is 0.335 e. The lowest BCUT2D eigenvalue weighted by atomic mass is 9.68. The number of carboxylic acid groups (broad SMARTS) is 1. The zero-order chi connectivity index (χ0) is 41.3. The number of primary sulfonamides is 1. The van der Waals surface area contributed by atoms with Crippen molar-refractivity contribution >= 4 is 55.9 Å². The predicted molar refractivity (Wildman–Crippen MR) is 236 cm³/mol. The van der Waals surface area contributed by atoms with E-state index in [1.54, 1.807) is 30.4 Å². The molecule has 2 aliphatic carbocycles. The number of nitrogens with two attached hydrogens (primary N) is 1. The van der Waals surface area contributed by atoms with Crippen LogP contribution in [0.5, 0.6) is 5.75 Å². The number of nitrogens with zero attached hydrogens (tertiary/aromatic N) is 3. The molecule has 10 nitrogen and oxygen atoms in total. The van der Waals surface area contributed by atoms with E-state index < -0.39 is 22.1 Å². The Balaban J connectivity index is 0.000000303. The number of aromatic carboxylic acids is 1. The normalized spacial score (nSPS) is 24.0. The highest BCUT2D eigenvalue weighted by Gasteiger charge is 2.44. The minimum atomic E-state index is -3.33. The van der Waals surface area contributed by atoms with E-state index in [2.05, 4.69) is 90.6 Å². The standard InChI is InChI=1S/C27H30ClNO4.C7H16N2.C7H15NO2S.CH3I/c1-2-24(30)21-8-5-19(21)14-29-15-27(11-3-4-17-12-20(28)7-9-22(17)27)16-33-25-10-6-18(26(31)32)13-23(25)29;1-7(8(2)3)5-9(4)6-7;1-4-6(2)7(3)5-11(8,9)10;1-2/h2,6-7,9-10,12-13,19,21,24,30H,1,3-5,8,11,14-16H2,(H,31,32);5-6H2,1-4H3;4,6-7H,1,5H2,2-3H3,(H2,8,9,10);1H3/t19-,21+,24-,27-;;6-,7+;/m0.0./s1. The third kappa shape index (κ3) is 12.4. The molecule has 55 heavy (non-hydrogen) atoms. The fourth-order valence-corrected chi connectivity index (χ4v) is 9.36. The summed E-state index contributed by atoms with van der Waals surface area (Å²) < 4.78 is 27.6. The van der Waals surface area contributed by atoms with Gasteiger partial charge in [0.1, 0.15) is 5.75 Å². The number of allylic oxidation sites excluding steroid dienone is 1. The molecule has 6 atom stereocenters. The van der Waals surface area contributed by atoms with Gasteiger partial charge in [0.2, 0.25) is 10.0 Å². The predicted octanol–water partition coefficient (Wildman–Crippen LogP) is 7.12. The van der Waals surface area contributed by atoms with Crippen molar-refractivity contribution < 1.29 is 28.2 Å². The average Bonchev–Trinajstić information content (AvgIpc) is 3.26. The van der Waals surface area contributed by atoms with Gasteiger partial charge in [-0.05, 0) is 130 Å². The van der Waals surface area contributed by atoms with Crippen LogP contribution in [0, 0.1) is 23.7 Å². The molecule has 1 saturated carbocycles. The molecule has 0 bridgehead atoms. The molecule has 0 aromatic heterocycles. The number of likely N-dealkylation sites (tertiary alicyclic amines) is 1. The van der Waals surface area contributed by atoms with E-state index in [0.29, 0.717) is 18.1 Å². The van der Waals surface area contributed by atoms with E-state index in [1.165, 1.54) is 24.2 Å². The van der Waals surface area contributed by atoms with E-state index >= 15 is 0 Å². The summed E-state index contributed by atoms with van der Waals surface area (Å²) in [6, 6.07) is 11.3. The first kappa shape index (κ1) is 47.2. The minimum absolute atomic E-state index is 0.0280. The number of aryl methyl sites for hydroxylation is 1. The molecule has 2 aliphatic heterocycles. The Morgan fingerprint density at radius 2 is 1.80 bits per heavy atom. The molecular weight excluding hydrogens is 851 g/mol. The molecular formula is C42H64ClIN4O6S. The number of carbonyl (C=O) groups is 1. The van der Waals surface area contributed by atoms with Crippen LogP contribution in [0.3, 0.4) is 0 Å². The van der Waals surface area contributed by atoms with Gasteiger partial charge < -0.3 is 29.6 Å². The molecule has 0 radical (unpaired) electrons. The highest BCUT2D eigenvalue weighted by atomic mass is 127. The number of anilines is 1. The van der Waals surface area contributed by atoms with Crippen LogP contribution < -0.4 is 14.8 Å². The molecule has 2 aromatic rings. The largest absolute Gasteiger partial charge is 0.490 e. The van der Waals surface area contributed by atoms with E-state index in [-0.39, 0.29) is 34.5 Å². The van der Waals surface area contributed by atoms with E-state index in [0.717, 1.165) is 61.7 Å². The molecule has 2 heterocycles. The number of rotatable bonds is 10. The Bertz CT molecular complexity index is 1720. The van der Waals surface area contributed by atoms with Crippen LogP contribution in [0.4, 0.5) is 5.69 Å². The van der Waals surface area contributed by atoms with Gasteiger partial charge >= 0.3 is 5.97 Å². The summed E-state index contributed by atoms with van der Waals surface area (Å²) in [7, 11) is 3.12. The van der Waals surface area contributed by atoms with Crippen molar-refractivity contribution in [3.8, 4) is 5.75 Å². The number of benzene rings is 2. The van der Waals surface area contributed by atoms with Crippen molar-refractivity contribution in [1.82, 2.24) is 9.80 Å². The summed E-state index contributed by atoms with van der Waals surface area (Å²) in [6.07, 6.45) is 7.94. The second-order valence-electron chi connectivity index (χ2n) is 16.3. The first-order valence-electron chi connectivity index (χ1n) is 19.0. The SMILES string of the molecule is C=C[C@H](C)[C@H](C)CS(N)(=O)=O.C=C[C@H](O)[C@@H]1CC[C@H]1CN1C[C@@]2(CCCc3cc(Cl)ccc32)COc2ccc(C(=O)O)cc21.CI.CN1CC(C)(N(C)C)C1. The third-order valence-corrected chi connectivity index (χ3v) is 13.2. The number of fused-ring (bicyclic) bond motifs is 3. The van der Waals surface area contributed by atoms with Gasteiger partial charge in [-0.3, -0.25) is 0 Å². The van der Waals surface area contributed by atoms with Crippen LogP contribution in [0.25, 0.3) is 0 Å². The Morgan fingerprint density at radius 1 is 1.13 bits per heavy atom. The Labute approximate surface area is 349 Å². The summed E-state index contributed by atoms with van der Waals surface area (Å²) in [5.41, 5.74) is 3.90. The summed E-state index contributed by atoms with van der Waals surface area (Å²) in [5.74, 6) is 0.543. The van der Waals surface area contributed by atoms with E-state index in [9.17, 15) is 23.4 Å². The lowest BCUT2D eigenvalue weighted by Gasteiger charge is -2.50. The van der Waals surface area contributed by atoms with Crippen molar-refractivity contribution in [3.63, 3.8) is 0 Å². The number of hydrogen-bond acceptors (Lipinski definition) is 8. The molecule has 308 valence electrons. The molecule has 0 unspecified atom stereocenters. The number of halogens is 2. The zero-order valence-electron chi connectivity index (χ0n) is 33.8. The third-order valence-electron chi connectivity index (χ3n) is 12.0. The molecule has 13 heteroatoms. The van der Waals surface area contributed by atoms with Gasteiger partial charge in [0.15, 0.2) is 0 Å². The van der Waals surface area contributed by atoms with Gasteiger partial charge in [-0.25, -0.2) is 18.4 Å². The molecule has 4 N–H and O–H groups in total. The highest BCUT2D eigenvalue weighted by molar-refractivity contribution is 14.1. The molecule has 2 fully saturated rings. The number of likely N-dealkylation sites (N-methyl/N-ethyl adjacent to an activating group) is 2. The molecule has 4 aliphatic rings.